The Labute approximate surface area is 102 Å². The highest BCUT2D eigenvalue weighted by atomic mass is 16.4. The van der Waals surface area contributed by atoms with Gasteiger partial charge in [-0.05, 0) is 17.7 Å². The Morgan fingerprint density at radius 3 is 2.50 bits per heavy atom. The van der Waals surface area contributed by atoms with Crippen LogP contribution in [0.4, 0.5) is 0 Å². The Morgan fingerprint density at radius 2 is 2.00 bits per heavy atom. The molecule has 2 aromatic rings. The van der Waals surface area contributed by atoms with Gasteiger partial charge in [0.25, 0.3) is 0 Å². The van der Waals surface area contributed by atoms with Crippen molar-refractivity contribution in [3.63, 3.8) is 0 Å². The third kappa shape index (κ3) is 3.05. The number of hydrogen-bond donors (Lipinski definition) is 3. The van der Waals surface area contributed by atoms with E-state index in [0.29, 0.717) is 6.54 Å². The van der Waals surface area contributed by atoms with Crippen molar-refractivity contribution >= 4 is 23.0 Å². The zero-order valence-corrected chi connectivity index (χ0v) is 9.70. The molecule has 0 radical (unpaired) electrons. The minimum Gasteiger partial charge on any atom is -0.473 e. The molecule has 2 heterocycles. The van der Waals surface area contributed by atoms with Crippen LogP contribution in [0.25, 0.3) is 11.0 Å². The second-order valence-electron chi connectivity index (χ2n) is 3.45. The van der Waals surface area contributed by atoms with Crippen molar-refractivity contribution in [2.45, 2.75) is 6.54 Å². The van der Waals surface area contributed by atoms with Gasteiger partial charge in [0.05, 0.1) is 0 Å². The van der Waals surface area contributed by atoms with Crippen LogP contribution in [-0.2, 0) is 23.2 Å². The molecule has 0 aromatic carbocycles. The zero-order chi connectivity index (χ0) is 13.7. The van der Waals surface area contributed by atoms with Gasteiger partial charge < -0.3 is 20.5 Å². The predicted molar refractivity (Wildman–Crippen MR) is 63.9 cm³/mol. The smallest absolute Gasteiger partial charge is 0.414 e. The molecule has 0 aliphatic carbocycles. The summed E-state index contributed by atoms with van der Waals surface area (Å²) in [6.07, 6.45) is 3.82. The lowest BCUT2D eigenvalue weighted by Gasteiger charge is -1.92. The summed E-state index contributed by atoms with van der Waals surface area (Å²) in [6.45, 7) is 0.572. The number of nitrogens with two attached hydrogens (primary N) is 1. The molecule has 0 amide bonds. The van der Waals surface area contributed by atoms with Gasteiger partial charge in [-0.25, -0.2) is 14.6 Å². The third-order valence-electron chi connectivity index (χ3n) is 2.22. The summed E-state index contributed by atoms with van der Waals surface area (Å²) < 4.78 is 2.00. The van der Waals surface area contributed by atoms with Gasteiger partial charge >= 0.3 is 11.9 Å². The largest absolute Gasteiger partial charge is 0.473 e. The average molecular weight is 251 g/mol. The molecule has 0 atom stereocenters. The van der Waals surface area contributed by atoms with E-state index in [1.165, 1.54) is 0 Å². The molecule has 96 valence electrons. The van der Waals surface area contributed by atoms with Crippen LogP contribution in [0.15, 0.2) is 24.5 Å². The number of carboxylic acid groups (broad SMARTS) is 2. The minimum atomic E-state index is -1.82. The Balaban J connectivity index is 0.000000232. The van der Waals surface area contributed by atoms with Crippen molar-refractivity contribution < 1.29 is 19.8 Å². The first kappa shape index (κ1) is 13.7. The zero-order valence-electron chi connectivity index (χ0n) is 9.70. The van der Waals surface area contributed by atoms with Gasteiger partial charge in [0.15, 0.2) is 0 Å². The summed E-state index contributed by atoms with van der Waals surface area (Å²) in [5.74, 6) is -3.65. The fraction of sp³-hybridized carbons (Fsp3) is 0.182. The summed E-state index contributed by atoms with van der Waals surface area (Å²) in [5.41, 5.74) is 7.74. The maximum Gasteiger partial charge on any atom is 0.414 e. The molecule has 0 unspecified atom stereocenters. The molecule has 0 aliphatic heterocycles. The Kier molecular flexibility index (Phi) is 4.39. The van der Waals surface area contributed by atoms with E-state index in [2.05, 4.69) is 4.98 Å². The minimum absolute atomic E-state index is 0.572. The SMILES string of the molecule is Cn1cc(CN)c2cccnc21.O=C(O)C(=O)O. The number of rotatable bonds is 1. The monoisotopic (exact) mass is 251 g/mol. The van der Waals surface area contributed by atoms with Crippen molar-refractivity contribution in [3.05, 3.63) is 30.1 Å². The van der Waals surface area contributed by atoms with Crippen LogP contribution in [0.1, 0.15) is 5.56 Å². The first-order chi connectivity index (χ1) is 8.47. The van der Waals surface area contributed by atoms with Crippen molar-refractivity contribution in [1.29, 1.82) is 0 Å². The van der Waals surface area contributed by atoms with Gasteiger partial charge in [0.1, 0.15) is 5.65 Å². The normalized spacial score (nSPS) is 9.67. The van der Waals surface area contributed by atoms with Crippen molar-refractivity contribution in [1.82, 2.24) is 9.55 Å². The molecule has 0 saturated carbocycles. The molecule has 2 rings (SSSR count). The molecule has 0 bridgehead atoms. The topological polar surface area (TPSA) is 118 Å². The highest BCUT2D eigenvalue weighted by Crippen LogP contribution is 2.16. The average Bonchev–Trinajstić information content (AvgIpc) is 2.67. The predicted octanol–water partition coefficient (Wildman–Crippen LogP) is 0.188. The van der Waals surface area contributed by atoms with Crippen LogP contribution in [0.3, 0.4) is 0 Å². The number of pyridine rings is 1. The Hall–Kier alpha value is -2.41. The fourth-order valence-corrected chi connectivity index (χ4v) is 1.46. The summed E-state index contributed by atoms with van der Waals surface area (Å²) in [6, 6.07) is 3.98. The number of fused-ring (bicyclic) bond motifs is 1. The lowest BCUT2D eigenvalue weighted by atomic mass is 10.2. The van der Waals surface area contributed by atoms with E-state index in [9.17, 15) is 0 Å². The van der Waals surface area contributed by atoms with Gasteiger partial charge in [0, 0.05) is 31.4 Å². The highest BCUT2D eigenvalue weighted by Gasteiger charge is 2.04. The van der Waals surface area contributed by atoms with E-state index >= 15 is 0 Å². The maximum absolute atomic E-state index is 9.10. The lowest BCUT2D eigenvalue weighted by Crippen LogP contribution is -2.09. The second kappa shape index (κ2) is 5.78. The van der Waals surface area contributed by atoms with E-state index in [-0.39, 0.29) is 0 Å². The second-order valence-corrected chi connectivity index (χ2v) is 3.45. The van der Waals surface area contributed by atoms with Crippen molar-refractivity contribution in [2.24, 2.45) is 12.8 Å². The number of aromatic nitrogens is 2. The van der Waals surface area contributed by atoms with E-state index in [4.69, 9.17) is 25.5 Å². The van der Waals surface area contributed by atoms with Gasteiger partial charge in [0.2, 0.25) is 0 Å². The van der Waals surface area contributed by atoms with Gasteiger partial charge in [-0.15, -0.1) is 0 Å². The molecule has 0 aliphatic rings. The standard InChI is InChI=1S/C9H11N3.C2H2O4/c1-12-6-7(5-10)8-3-2-4-11-9(8)12;3-1(4)2(5)6/h2-4,6H,5,10H2,1H3;(H,3,4)(H,5,6). The fourth-order valence-electron chi connectivity index (χ4n) is 1.46. The van der Waals surface area contributed by atoms with E-state index in [0.717, 1.165) is 16.6 Å². The summed E-state index contributed by atoms with van der Waals surface area (Å²) in [7, 11) is 1.98. The molecule has 4 N–H and O–H groups in total. The molecule has 7 heteroatoms. The number of nitrogens with zero attached hydrogens (tertiary/aromatic N) is 2. The number of carboxylic acids is 2. The Morgan fingerprint density at radius 1 is 1.39 bits per heavy atom. The van der Waals surface area contributed by atoms with Crippen LogP contribution in [0.5, 0.6) is 0 Å². The molecule has 0 saturated heterocycles. The number of hydrogen-bond acceptors (Lipinski definition) is 4. The highest BCUT2D eigenvalue weighted by molar-refractivity contribution is 6.27. The van der Waals surface area contributed by atoms with Gasteiger partial charge in [-0.1, -0.05) is 0 Å². The van der Waals surface area contributed by atoms with Gasteiger partial charge in [-0.2, -0.15) is 0 Å². The van der Waals surface area contributed by atoms with E-state index < -0.39 is 11.9 Å². The molecule has 7 nitrogen and oxygen atoms in total. The van der Waals surface area contributed by atoms with Crippen molar-refractivity contribution in [2.75, 3.05) is 0 Å². The van der Waals surface area contributed by atoms with Crippen LogP contribution < -0.4 is 5.73 Å². The summed E-state index contributed by atoms with van der Waals surface area (Å²) in [4.78, 5) is 22.5. The first-order valence-corrected chi connectivity index (χ1v) is 5.02. The molecule has 18 heavy (non-hydrogen) atoms. The quantitative estimate of drug-likeness (QED) is 0.622. The van der Waals surface area contributed by atoms with Crippen molar-refractivity contribution in [3.8, 4) is 0 Å². The van der Waals surface area contributed by atoms with Crippen LogP contribution in [0, 0.1) is 0 Å². The molecular weight excluding hydrogens is 238 g/mol. The summed E-state index contributed by atoms with van der Waals surface area (Å²) in [5, 5.41) is 15.9. The lowest BCUT2D eigenvalue weighted by molar-refractivity contribution is -0.159. The number of aliphatic carboxylic acids is 2. The molecule has 0 spiro atoms. The molecule has 2 aromatic heterocycles. The molecular formula is C11H13N3O4. The summed E-state index contributed by atoms with van der Waals surface area (Å²) >= 11 is 0. The maximum atomic E-state index is 9.10. The van der Waals surface area contributed by atoms with Gasteiger partial charge in [-0.3, -0.25) is 0 Å². The third-order valence-corrected chi connectivity index (χ3v) is 2.22. The first-order valence-electron chi connectivity index (χ1n) is 5.02. The number of aryl methyl sites for hydroxylation is 1. The van der Waals surface area contributed by atoms with Crippen LogP contribution in [0.2, 0.25) is 0 Å². The molecule has 0 fully saturated rings. The Bertz CT molecular complexity index is 565. The van der Waals surface area contributed by atoms with Crippen LogP contribution >= 0.6 is 0 Å². The van der Waals surface area contributed by atoms with Crippen LogP contribution in [-0.4, -0.2) is 31.7 Å². The number of carbonyl (C=O) groups is 2. The van der Waals surface area contributed by atoms with E-state index in [1.807, 2.05) is 29.9 Å². The van der Waals surface area contributed by atoms with E-state index in [1.54, 1.807) is 6.20 Å².